The van der Waals surface area contributed by atoms with Crippen LogP contribution in [0.5, 0.6) is 0 Å². The van der Waals surface area contributed by atoms with Gasteiger partial charge in [0.15, 0.2) is 5.96 Å². The zero-order valence-electron chi connectivity index (χ0n) is 17.0. The molecule has 0 spiro atoms. The number of hydrogen-bond donors (Lipinski definition) is 4. The second kappa shape index (κ2) is 9.48. The zero-order valence-corrected chi connectivity index (χ0v) is 17.0. The van der Waals surface area contributed by atoms with Gasteiger partial charge in [0.2, 0.25) is 0 Å². The summed E-state index contributed by atoms with van der Waals surface area (Å²) in [4.78, 5) is 19.4. The first kappa shape index (κ1) is 20.0. The first-order valence-electron chi connectivity index (χ1n) is 10.1. The van der Waals surface area contributed by atoms with Crippen LogP contribution in [0.1, 0.15) is 30.9 Å². The average Bonchev–Trinajstić information content (AvgIpc) is 3.44. The quantitative estimate of drug-likeness (QED) is 0.415. The molecule has 3 rings (SSSR count). The molecule has 4 N–H and O–H groups in total. The first-order valence-corrected chi connectivity index (χ1v) is 10.1. The lowest BCUT2D eigenvalue weighted by molar-refractivity contribution is 0.146. The fourth-order valence-corrected chi connectivity index (χ4v) is 3.47. The highest BCUT2D eigenvalue weighted by molar-refractivity contribution is 5.86. The normalized spacial score (nSPS) is 15.3. The number of hydrogen-bond acceptors (Lipinski definition) is 3. The summed E-state index contributed by atoms with van der Waals surface area (Å²) in [5.41, 5.74) is 3.76. The molecule has 1 fully saturated rings. The van der Waals surface area contributed by atoms with Gasteiger partial charge in [-0.25, -0.2) is 4.79 Å². The molecule has 1 aliphatic rings. The second-order valence-electron chi connectivity index (χ2n) is 7.25. The van der Waals surface area contributed by atoms with Crippen LogP contribution in [0.4, 0.5) is 4.79 Å². The van der Waals surface area contributed by atoms with Crippen molar-refractivity contribution in [3.63, 3.8) is 0 Å². The summed E-state index contributed by atoms with van der Waals surface area (Å²) in [6, 6.07) is 6.43. The van der Waals surface area contributed by atoms with Crippen LogP contribution in [0.3, 0.4) is 0 Å². The van der Waals surface area contributed by atoms with Crippen molar-refractivity contribution in [3.8, 4) is 0 Å². The number of rotatable bonds is 8. The number of amides is 1. The molecule has 1 aliphatic carbocycles. The Bertz CT molecular complexity index is 825. The van der Waals surface area contributed by atoms with Crippen LogP contribution in [0.2, 0.25) is 0 Å². The topological polar surface area (TPSA) is 90.5 Å². The SMILES string of the molecule is CCOC(=O)NC(CNC(=NC)NCCc1c[nH]c2c(C)cccc12)C1CC1. The standard InChI is InChI=1S/C21H31N5O2/c1-4-28-21(27)26-18(15-8-9-15)13-25-20(22-3)23-11-10-16-12-24-19-14(2)6-5-7-17(16)19/h5-7,12,15,18,24H,4,8-11,13H2,1-3H3,(H,26,27)(H2,22,23,25). The van der Waals surface area contributed by atoms with Gasteiger partial charge in [-0.3, -0.25) is 4.99 Å². The molecule has 0 saturated heterocycles. The summed E-state index contributed by atoms with van der Waals surface area (Å²) in [7, 11) is 1.76. The molecule has 0 aliphatic heterocycles. The predicted octanol–water partition coefficient (Wildman–Crippen LogP) is 2.71. The molecule has 0 radical (unpaired) electrons. The van der Waals surface area contributed by atoms with Gasteiger partial charge in [-0.15, -0.1) is 0 Å². The van der Waals surface area contributed by atoms with E-state index in [1.807, 2.05) is 6.92 Å². The van der Waals surface area contributed by atoms with E-state index in [-0.39, 0.29) is 12.1 Å². The van der Waals surface area contributed by atoms with Gasteiger partial charge in [0.05, 0.1) is 12.6 Å². The fraction of sp³-hybridized carbons (Fsp3) is 0.524. The third-order valence-electron chi connectivity index (χ3n) is 5.18. The Morgan fingerprint density at radius 3 is 2.89 bits per heavy atom. The van der Waals surface area contributed by atoms with E-state index in [1.165, 1.54) is 22.0 Å². The number of guanidine groups is 1. The first-order chi connectivity index (χ1) is 13.6. The lowest BCUT2D eigenvalue weighted by atomic mass is 10.1. The maximum absolute atomic E-state index is 11.7. The second-order valence-corrected chi connectivity index (χ2v) is 7.25. The van der Waals surface area contributed by atoms with E-state index < -0.39 is 0 Å². The number of H-pyrrole nitrogens is 1. The number of nitrogens with zero attached hydrogens (tertiary/aromatic N) is 1. The lowest BCUT2D eigenvalue weighted by Crippen LogP contribution is -2.48. The van der Waals surface area contributed by atoms with Crippen molar-refractivity contribution in [1.82, 2.24) is 20.9 Å². The number of aliphatic imine (C=N–C) groups is 1. The number of ether oxygens (including phenoxy) is 1. The maximum atomic E-state index is 11.7. The summed E-state index contributed by atoms with van der Waals surface area (Å²) in [6.07, 6.45) is 4.92. The van der Waals surface area contributed by atoms with Crippen molar-refractivity contribution in [1.29, 1.82) is 0 Å². The van der Waals surface area contributed by atoms with Crippen molar-refractivity contribution >= 4 is 23.0 Å². The van der Waals surface area contributed by atoms with Crippen LogP contribution < -0.4 is 16.0 Å². The number of fused-ring (bicyclic) bond motifs is 1. The van der Waals surface area contributed by atoms with Gasteiger partial charge in [0.1, 0.15) is 0 Å². The van der Waals surface area contributed by atoms with Crippen molar-refractivity contribution < 1.29 is 9.53 Å². The van der Waals surface area contributed by atoms with E-state index in [0.717, 1.165) is 31.8 Å². The molecule has 1 atom stereocenters. The van der Waals surface area contributed by atoms with Gasteiger partial charge >= 0.3 is 6.09 Å². The van der Waals surface area contributed by atoms with Gasteiger partial charge in [-0.1, -0.05) is 18.2 Å². The minimum absolute atomic E-state index is 0.0641. The van der Waals surface area contributed by atoms with Crippen LogP contribution in [-0.2, 0) is 11.2 Å². The van der Waals surface area contributed by atoms with Crippen molar-refractivity contribution in [2.24, 2.45) is 10.9 Å². The maximum Gasteiger partial charge on any atom is 0.407 e. The van der Waals surface area contributed by atoms with Gasteiger partial charge in [-0.2, -0.15) is 0 Å². The molecule has 1 aromatic carbocycles. The highest BCUT2D eigenvalue weighted by Gasteiger charge is 2.32. The fourth-order valence-electron chi connectivity index (χ4n) is 3.47. The number of aromatic nitrogens is 1. The smallest absolute Gasteiger partial charge is 0.407 e. The minimum Gasteiger partial charge on any atom is -0.450 e. The van der Waals surface area contributed by atoms with Crippen molar-refractivity contribution in [2.75, 3.05) is 26.7 Å². The van der Waals surface area contributed by atoms with Gasteiger partial charge in [0.25, 0.3) is 0 Å². The van der Waals surface area contributed by atoms with Crippen LogP contribution in [0.25, 0.3) is 10.9 Å². The van der Waals surface area contributed by atoms with Crippen molar-refractivity contribution in [3.05, 3.63) is 35.5 Å². The summed E-state index contributed by atoms with van der Waals surface area (Å²) in [5.74, 6) is 1.26. The van der Waals surface area contributed by atoms with E-state index in [9.17, 15) is 4.79 Å². The van der Waals surface area contributed by atoms with Crippen molar-refractivity contribution in [2.45, 2.75) is 39.2 Å². The number of benzene rings is 1. The molecule has 2 aromatic rings. The largest absolute Gasteiger partial charge is 0.450 e. The van der Waals surface area contributed by atoms with Crippen LogP contribution in [-0.4, -0.2) is 49.8 Å². The number of aromatic amines is 1. The van der Waals surface area contributed by atoms with Crippen LogP contribution in [0.15, 0.2) is 29.4 Å². The summed E-state index contributed by atoms with van der Waals surface area (Å²) in [6.45, 7) is 5.72. The molecule has 152 valence electrons. The monoisotopic (exact) mass is 385 g/mol. The molecule has 7 heteroatoms. The van der Waals surface area contributed by atoms with E-state index in [1.54, 1.807) is 7.05 Å². The Labute approximate surface area is 166 Å². The Morgan fingerprint density at radius 1 is 1.36 bits per heavy atom. The molecule has 1 aromatic heterocycles. The Balaban J connectivity index is 1.47. The number of nitrogens with one attached hydrogen (secondary N) is 4. The van der Waals surface area contributed by atoms with E-state index in [4.69, 9.17) is 4.74 Å². The molecule has 1 amide bonds. The van der Waals surface area contributed by atoms with E-state index >= 15 is 0 Å². The molecule has 7 nitrogen and oxygen atoms in total. The number of para-hydroxylation sites is 1. The predicted molar refractivity (Wildman–Crippen MR) is 113 cm³/mol. The lowest BCUT2D eigenvalue weighted by Gasteiger charge is -2.20. The minimum atomic E-state index is -0.348. The van der Waals surface area contributed by atoms with Crippen LogP contribution in [0, 0.1) is 12.8 Å². The molecular weight excluding hydrogens is 354 g/mol. The molecule has 1 unspecified atom stereocenters. The van der Waals surface area contributed by atoms with E-state index in [2.05, 4.69) is 57.2 Å². The highest BCUT2D eigenvalue weighted by Crippen LogP contribution is 2.32. The molecule has 28 heavy (non-hydrogen) atoms. The Kier molecular flexibility index (Phi) is 6.79. The highest BCUT2D eigenvalue weighted by atomic mass is 16.5. The number of carbonyl (C=O) groups is 1. The summed E-state index contributed by atoms with van der Waals surface area (Å²) >= 11 is 0. The summed E-state index contributed by atoms with van der Waals surface area (Å²) in [5, 5.41) is 10.9. The average molecular weight is 386 g/mol. The molecule has 0 bridgehead atoms. The van der Waals surface area contributed by atoms with E-state index in [0.29, 0.717) is 19.1 Å². The van der Waals surface area contributed by atoms with Gasteiger partial charge in [0, 0.05) is 37.2 Å². The Hall–Kier alpha value is -2.70. The third kappa shape index (κ3) is 5.18. The Morgan fingerprint density at radius 2 is 2.18 bits per heavy atom. The van der Waals surface area contributed by atoms with Gasteiger partial charge in [-0.05, 0) is 50.2 Å². The zero-order chi connectivity index (χ0) is 19.9. The summed E-state index contributed by atoms with van der Waals surface area (Å²) < 4.78 is 5.01. The number of aryl methyl sites for hydroxylation is 1. The third-order valence-corrected chi connectivity index (χ3v) is 5.18. The van der Waals surface area contributed by atoms with Gasteiger partial charge < -0.3 is 25.7 Å². The number of carbonyl (C=O) groups excluding carboxylic acids is 1. The number of alkyl carbamates (subject to hydrolysis) is 1. The molecule has 1 saturated carbocycles. The molecular formula is C21H31N5O2. The molecule has 1 heterocycles. The van der Waals surface area contributed by atoms with Crippen LogP contribution >= 0.6 is 0 Å².